The third-order valence-corrected chi connectivity index (χ3v) is 2.00. The average molecular weight is 211 g/mol. The maximum atomic E-state index is 5.50. The summed E-state index contributed by atoms with van der Waals surface area (Å²) in [6.07, 6.45) is 0. The zero-order valence-corrected chi connectivity index (χ0v) is 9.37. The summed E-state index contributed by atoms with van der Waals surface area (Å²) in [4.78, 5) is 4.82. The largest absolute Gasteiger partial charge is 0.496 e. The molecule has 0 aliphatic heterocycles. The smallest absolute Gasteiger partial charge is 0.127 e. The zero-order valence-electron chi connectivity index (χ0n) is 9.37. The fourth-order valence-corrected chi connectivity index (χ4v) is 1.35. The highest BCUT2D eigenvalue weighted by Crippen LogP contribution is 2.28. The monoisotopic (exact) mass is 211 g/mol. The average Bonchev–Trinajstić information content (AvgIpc) is 2.27. The number of hydrogen-bond acceptors (Lipinski definition) is 4. The lowest BCUT2D eigenvalue weighted by Crippen LogP contribution is -2.13. The summed E-state index contributed by atoms with van der Waals surface area (Å²) >= 11 is 0. The Labute approximate surface area is 90.1 Å². The van der Waals surface area contributed by atoms with Crippen LogP contribution in [-0.4, -0.2) is 20.8 Å². The predicted octanol–water partition coefficient (Wildman–Crippen LogP) is 1.74. The van der Waals surface area contributed by atoms with Crippen molar-refractivity contribution in [3.63, 3.8) is 0 Å². The highest BCUT2D eigenvalue weighted by Gasteiger charge is 2.09. The Morgan fingerprint density at radius 3 is 2.53 bits per heavy atom. The highest BCUT2D eigenvalue weighted by molar-refractivity contribution is 5.44. The molecule has 0 bridgehead atoms. The van der Waals surface area contributed by atoms with Gasteiger partial charge in [-0.3, -0.25) is 0 Å². The van der Waals surface area contributed by atoms with E-state index < -0.39 is 0 Å². The molecule has 0 atom stereocenters. The van der Waals surface area contributed by atoms with Gasteiger partial charge in [-0.1, -0.05) is 6.07 Å². The first kappa shape index (κ1) is 11.8. The second kappa shape index (κ2) is 6.27. The number of ether oxygens (including phenoxy) is 2. The van der Waals surface area contributed by atoms with Gasteiger partial charge >= 0.3 is 0 Å². The number of nitrogens with one attached hydrogen (secondary N) is 1. The van der Waals surface area contributed by atoms with Crippen LogP contribution in [0.15, 0.2) is 18.2 Å². The fourth-order valence-electron chi connectivity index (χ4n) is 1.35. The summed E-state index contributed by atoms with van der Waals surface area (Å²) in [5.41, 5.74) is 3.74. The SMILES string of the molecule is CCOc1cccc(OC)c1CNOC. The molecule has 0 heterocycles. The second-order valence-electron chi connectivity index (χ2n) is 2.90. The van der Waals surface area contributed by atoms with Gasteiger partial charge < -0.3 is 14.3 Å². The van der Waals surface area contributed by atoms with Crippen molar-refractivity contribution in [3.05, 3.63) is 23.8 Å². The van der Waals surface area contributed by atoms with Crippen LogP contribution in [0.25, 0.3) is 0 Å². The van der Waals surface area contributed by atoms with E-state index in [0.717, 1.165) is 17.1 Å². The molecule has 1 aromatic carbocycles. The van der Waals surface area contributed by atoms with Crippen LogP contribution in [0.1, 0.15) is 12.5 Å². The van der Waals surface area contributed by atoms with E-state index in [1.54, 1.807) is 14.2 Å². The number of hydroxylamine groups is 1. The van der Waals surface area contributed by atoms with E-state index in [0.29, 0.717) is 13.2 Å². The Hall–Kier alpha value is -1.26. The van der Waals surface area contributed by atoms with Crippen molar-refractivity contribution in [2.75, 3.05) is 20.8 Å². The van der Waals surface area contributed by atoms with E-state index in [1.807, 2.05) is 25.1 Å². The number of benzene rings is 1. The van der Waals surface area contributed by atoms with Crippen molar-refractivity contribution >= 4 is 0 Å². The summed E-state index contributed by atoms with van der Waals surface area (Å²) in [7, 11) is 3.22. The van der Waals surface area contributed by atoms with E-state index in [4.69, 9.17) is 14.3 Å². The van der Waals surface area contributed by atoms with Crippen LogP contribution < -0.4 is 15.0 Å². The molecule has 0 aromatic heterocycles. The first-order valence-electron chi connectivity index (χ1n) is 4.88. The van der Waals surface area contributed by atoms with E-state index >= 15 is 0 Å². The van der Waals surface area contributed by atoms with Crippen LogP contribution in [0, 0.1) is 0 Å². The van der Waals surface area contributed by atoms with E-state index in [1.165, 1.54) is 0 Å². The topological polar surface area (TPSA) is 39.7 Å². The molecule has 4 heteroatoms. The van der Waals surface area contributed by atoms with Crippen LogP contribution in [-0.2, 0) is 11.4 Å². The van der Waals surface area contributed by atoms with Crippen LogP contribution in [0.3, 0.4) is 0 Å². The quantitative estimate of drug-likeness (QED) is 0.728. The highest BCUT2D eigenvalue weighted by atomic mass is 16.6. The molecule has 0 fully saturated rings. The lowest BCUT2D eigenvalue weighted by Gasteiger charge is -2.13. The molecule has 0 saturated heterocycles. The molecule has 0 spiro atoms. The van der Waals surface area contributed by atoms with Crippen molar-refractivity contribution < 1.29 is 14.3 Å². The number of hydrogen-bond donors (Lipinski definition) is 1. The molecule has 0 saturated carbocycles. The van der Waals surface area contributed by atoms with Gasteiger partial charge in [0.05, 0.1) is 32.9 Å². The van der Waals surface area contributed by atoms with Crippen molar-refractivity contribution in [3.8, 4) is 11.5 Å². The van der Waals surface area contributed by atoms with Crippen LogP contribution in [0.5, 0.6) is 11.5 Å². The summed E-state index contributed by atoms with van der Waals surface area (Å²) in [5, 5.41) is 0. The molecular weight excluding hydrogens is 194 g/mol. The Morgan fingerprint density at radius 1 is 1.20 bits per heavy atom. The molecule has 84 valence electrons. The molecule has 15 heavy (non-hydrogen) atoms. The molecule has 1 aromatic rings. The van der Waals surface area contributed by atoms with Crippen molar-refractivity contribution in [2.24, 2.45) is 0 Å². The molecular formula is C11H17NO3. The minimum Gasteiger partial charge on any atom is -0.496 e. The second-order valence-corrected chi connectivity index (χ2v) is 2.90. The van der Waals surface area contributed by atoms with E-state index in [9.17, 15) is 0 Å². The van der Waals surface area contributed by atoms with Gasteiger partial charge in [-0.15, -0.1) is 0 Å². The molecule has 1 rings (SSSR count). The van der Waals surface area contributed by atoms with Gasteiger partial charge in [-0.05, 0) is 19.1 Å². The first-order valence-corrected chi connectivity index (χ1v) is 4.88. The molecule has 0 aliphatic carbocycles. The molecule has 0 radical (unpaired) electrons. The van der Waals surface area contributed by atoms with Gasteiger partial charge in [0.15, 0.2) is 0 Å². The fraction of sp³-hybridized carbons (Fsp3) is 0.455. The zero-order chi connectivity index (χ0) is 11.1. The van der Waals surface area contributed by atoms with E-state index in [-0.39, 0.29) is 0 Å². The maximum absolute atomic E-state index is 5.50. The normalized spacial score (nSPS) is 10.1. The first-order chi connectivity index (χ1) is 7.33. The van der Waals surface area contributed by atoms with Gasteiger partial charge in [0.25, 0.3) is 0 Å². The molecule has 0 amide bonds. The Morgan fingerprint density at radius 2 is 1.93 bits per heavy atom. The third kappa shape index (κ3) is 3.11. The third-order valence-electron chi connectivity index (χ3n) is 2.00. The van der Waals surface area contributed by atoms with E-state index in [2.05, 4.69) is 5.48 Å². The van der Waals surface area contributed by atoms with Crippen LogP contribution in [0.2, 0.25) is 0 Å². The van der Waals surface area contributed by atoms with Crippen LogP contribution >= 0.6 is 0 Å². The summed E-state index contributed by atoms with van der Waals surface area (Å²) < 4.78 is 10.8. The Kier molecular flexibility index (Phi) is 4.93. The van der Waals surface area contributed by atoms with Crippen molar-refractivity contribution in [1.82, 2.24) is 5.48 Å². The Balaban J connectivity index is 2.92. The van der Waals surface area contributed by atoms with Gasteiger partial charge in [0.2, 0.25) is 0 Å². The van der Waals surface area contributed by atoms with Gasteiger partial charge in [-0.2, -0.15) is 5.48 Å². The lowest BCUT2D eigenvalue weighted by molar-refractivity contribution is 0.0853. The van der Waals surface area contributed by atoms with Crippen LogP contribution in [0.4, 0.5) is 0 Å². The van der Waals surface area contributed by atoms with Gasteiger partial charge in [0, 0.05) is 0 Å². The van der Waals surface area contributed by atoms with Gasteiger partial charge in [0.1, 0.15) is 11.5 Å². The molecule has 4 nitrogen and oxygen atoms in total. The van der Waals surface area contributed by atoms with Crippen molar-refractivity contribution in [2.45, 2.75) is 13.5 Å². The maximum Gasteiger partial charge on any atom is 0.127 e. The molecule has 0 aliphatic rings. The number of rotatable bonds is 6. The van der Waals surface area contributed by atoms with Gasteiger partial charge in [-0.25, -0.2) is 0 Å². The molecule has 0 unspecified atom stereocenters. The van der Waals surface area contributed by atoms with Crippen molar-refractivity contribution in [1.29, 1.82) is 0 Å². The summed E-state index contributed by atoms with van der Waals surface area (Å²) in [6.45, 7) is 3.13. The molecule has 1 N–H and O–H groups in total. The minimum absolute atomic E-state index is 0.551. The Bertz CT molecular complexity index is 302. The standard InChI is InChI=1S/C11H17NO3/c1-4-15-11-7-5-6-10(13-2)9(11)8-12-14-3/h5-7,12H,4,8H2,1-3H3. The predicted molar refractivity (Wildman–Crippen MR) is 58.0 cm³/mol. The number of methoxy groups -OCH3 is 1. The summed E-state index contributed by atoms with van der Waals surface area (Å²) in [6, 6.07) is 5.72. The lowest BCUT2D eigenvalue weighted by atomic mass is 10.2. The minimum atomic E-state index is 0.551. The summed E-state index contributed by atoms with van der Waals surface area (Å²) in [5.74, 6) is 1.62.